The van der Waals surface area contributed by atoms with Crippen LogP contribution in [-0.4, -0.2) is 30.8 Å². The van der Waals surface area contributed by atoms with Crippen LogP contribution in [0.25, 0.3) is 0 Å². The quantitative estimate of drug-likeness (QED) is 0.378. The molecular weight excluding hydrogens is 513 g/mol. The van der Waals surface area contributed by atoms with Crippen molar-refractivity contribution in [3.8, 4) is 0 Å². The first-order chi connectivity index (χ1) is 13.0. The molecule has 0 saturated heterocycles. The number of halogens is 4. The fourth-order valence-electron chi connectivity index (χ4n) is 2.27. The van der Waals surface area contributed by atoms with Gasteiger partial charge in [-0.25, -0.2) is 13.6 Å². The van der Waals surface area contributed by atoms with Crippen molar-refractivity contribution in [3.63, 3.8) is 0 Å². The van der Waals surface area contributed by atoms with Gasteiger partial charge in [0.15, 0.2) is 0 Å². The molecule has 152 valence electrons. The molecule has 2 aromatic carbocycles. The summed E-state index contributed by atoms with van der Waals surface area (Å²) in [6.07, 6.45) is -0.423. The van der Waals surface area contributed by atoms with E-state index < -0.39 is 25.9 Å². The van der Waals surface area contributed by atoms with E-state index in [9.17, 15) is 13.2 Å². The molecule has 1 unspecified atom stereocenters. The number of amides is 1. The minimum Gasteiger partial charge on any atom is -0.333 e. The molecule has 28 heavy (non-hydrogen) atoms. The fourth-order valence-corrected chi connectivity index (χ4v) is 3.45. The van der Waals surface area contributed by atoms with Crippen molar-refractivity contribution in [2.75, 3.05) is 6.54 Å². The lowest BCUT2D eigenvalue weighted by Crippen LogP contribution is -2.53. The van der Waals surface area contributed by atoms with Gasteiger partial charge in [-0.1, -0.05) is 62.9 Å². The third-order valence-electron chi connectivity index (χ3n) is 3.72. The number of hydrogen-bond acceptors (Lipinski definition) is 4. The summed E-state index contributed by atoms with van der Waals surface area (Å²) < 4.78 is 21.6. The Balaban J connectivity index is 1.97. The van der Waals surface area contributed by atoms with Gasteiger partial charge in [-0.05, 0) is 48.4 Å². The van der Waals surface area contributed by atoms with Crippen LogP contribution in [0.5, 0.6) is 0 Å². The monoisotopic (exact) mass is 527 g/mol. The molecule has 0 heterocycles. The van der Waals surface area contributed by atoms with Gasteiger partial charge in [0.05, 0.1) is 4.90 Å². The maximum absolute atomic E-state index is 12.4. The summed E-state index contributed by atoms with van der Waals surface area (Å²) in [6.45, 7) is 0.369. The molecule has 2 rings (SSSR count). The second kappa shape index (κ2) is 9.75. The highest BCUT2D eigenvalue weighted by Crippen LogP contribution is 2.29. The van der Waals surface area contributed by atoms with Crippen molar-refractivity contribution < 1.29 is 13.2 Å². The summed E-state index contributed by atoms with van der Waals surface area (Å²) in [4.78, 5) is 12.4. The number of carbonyl (C=O) groups is 1. The second-order valence-corrected chi connectivity index (χ2v) is 10.7. The first-order valence-electron chi connectivity index (χ1n) is 7.95. The van der Waals surface area contributed by atoms with Crippen LogP contribution in [0.4, 0.5) is 0 Å². The number of carbonyl (C=O) groups excluding carboxylic acids is 1. The lowest BCUT2D eigenvalue weighted by Gasteiger charge is -2.26. The molecule has 6 nitrogen and oxygen atoms in total. The van der Waals surface area contributed by atoms with Crippen molar-refractivity contribution in [1.82, 2.24) is 10.6 Å². The number of alkyl halides is 3. The first kappa shape index (κ1) is 23.4. The van der Waals surface area contributed by atoms with E-state index in [-0.39, 0.29) is 4.90 Å². The van der Waals surface area contributed by atoms with E-state index >= 15 is 0 Å². The topological polar surface area (TPSA) is 101 Å². The summed E-state index contributed by atoms with van der Waals surface area (Å²) in [5.41, 5.74) is 1.27. The maximum atomic E-state index is 12.4. The molecule has 1 amide bonds. The van der Waals surface area contributed by atoms with E-state index in [0.29, 0.717) is 18.5 Å². The lowest BCUT2D eigenvalue weighted by molar-refractivity contribution is 0.0930. The summed E-state index contributed by atoms with van der Waals surface area (Å²) in [5.74, 6) is -0.395. The molecule has 0 aliphatic heterocycles. The van der Waals surface area contributed by atoms with Gasteiger partial charge < -0.3 is 5.32 Å². The SMILES string of the molecule is NS(=O)(=O)c1ccc(CCNC(NC(=O)c2ccc(Br)cc2)C(Cl)(Cl)Cl)cc1. The predicted octanol–water partition coefficient (Wildman–Crippen LogP) is 3.35. The van der Waals surface area contributed by atoms with E-state index in [1.807, 2.05) is 0 Å². The van der Waals surface area contributed by atoms with Crippen LogP contribution >= 0.6 is 50.7 Å². The van der Waals surface area contributed by atoms with Gasteiger partial charge in [0.1, 0.15) is 6.17 Å². The maximum Gasteiger partial charge on any atom is 0.252 e. The second-order valence-electron chi connectivity index (χ2n) is 5.85. The zero-order valence-electron chi connectivity index (χ0n) is 14.3. The molecule has 0 radical (unpaired) electrons. The standard InChI is InChI=1S/C17H17BrCl3N3O3S/c18-13-5-3-12(4-6-13)15(25)24-16(17(19,20)21)23-10-9-11-1-7-14(8-2-11)28(22,26)27/h1-8,16,23H,9-10H2,(H,24,25)(H2,22,26,27). The van der Waals surface area contributed by atoms with Crippen LogP contribution in [0.1, 0.15) is 15.9 Å². The summed E-state index contributed by atoms with van der Waals surface area (Å²) in [6, 6.07) is 12.9. The van der Waals surface area contributed by atoms with Gasteiger partial charge in [0.2, 0.25) is 13.8 Å². The van der Waals surface area contributed by atoms with E-state index in [0.717, 1.165) is 10.0 Å². The number of primary sulfonamides is 1. The van der Waals surface area contributed by atoms with Crippen molar-refractivity contribution in [1.29, 1.82) is 0 Å². The van der Waals surface area contributed by atoms with Gasteiger partial charge in [0, 0.05) is 16.6 Å². The predicted molar refractivity (Wildman–Crippen MR) is 115 cm³/mol. The third-order valence-corrected chi connectivity index (χ3v) is 5.84. The van der Waals surface area contributed by atoms with Gasteiger partial charge in [0.25, 0.3) is 5.91 Å². The Labute approximate surface area is 186 Å². The molecule has 1 atom stereocenters. The molecule has 2 aromatic rings. The van der Waals surface area contributed by atoms with E-state index in [2.05, 4.69) is 26.6 Å². The van der Waals surface area contributed by atoms with Crippen LogP contribution < -0.4 is 15.8 Å². The Kier molecular flexibility index (Phi) is 8.16. The average Bonchev–Trinajstić information content (AvgIpc) is 2.60. The highest BCUT2D eigenvalue weighted by Gasteiger charge is 2.33. The smallest absolute Gasteiger partial charge is 0.252 e. The van der Waals surface area contributed by atoms with Crippen LogP contribution in [0.2, 0.25) is 0 Å². The molecule has 11 heteroatoms. The Bertz CT molecular complexity index is 917. The largest absolute Gasteiger partial charge is 0.333 e. The van der Waals surface area contributed by atoms with E-state index in [4.69, 9.17) is 39.9 Å². The summed E-state index contributed by atoms with van der Waals surface area (Å²) >= 11 is 21.2. The van der Waals surface area contributed by atoms with Crippen LogP contribution in [0, 0.1) is 0 Å². The van der Waals surface area contributed by atoms with Gasteiger partial charge in [-0.15, -0.1) is 0 Å². The molecular formula is C17H17BrCl3N3O3S. The van der Waals surface area contributed by atoms with E-state index in [1.54, 1.807) is 36.4 Å². The highest BCUT2D eigenvalue weighted by molar-refractivity contribution is 9.10. The number of rotatable bonds is 7. The number of nitrogens with one attached hydrogen (secondary N) is 2. The van der Waals surface area contributed by atoms with Crippen LogP contribution in [0.15, 0.2) is 57.9 Å². The number of hydrogen-bond donors (Lipinski definition) is 3. The molecule has 0 spiro atoms. The van der Waals surface area contributed by atoms with E-state index in [1.165, 1.54) is 12.1 Å². The van der Waals surface area contributed by atoms with Gasteiger partial charge in [-0.2, -0.15) is 0 Å². The Morgan fingerprint density at radius 1 is 1.07 bits per heavy atom. The fraction of sp³-hybridized carbons (Fsp3) is 0.235. The normalized spacial score (nSPS) is 13.2. The molecule has 0 saturated carbocycles. The number of nitrogens with two attached hydrogens (primary N) is 1. The molecule has 0 aromatic heterocycles. The van der Waals surface area contributed by atoms with Gasteiger partial charge >= 0.3 is 0 Å². The van der Waals surface area contributed by atoms with Crippen molar-refractivity contribution in [2.24, 2.45) is 5.14 Å². The summed E-state index contributed by atoms with van der Waals surface area (Å²) in [5, 5.41) is 10.7. The van der Waals surface area contributed by atoms with Crippen molar-refractivity contribution in [2.45, 2.75) is 21.3 Å². The molecule has 0 fully saturated rings. The molecule has 0 aliphatic carbocycles. The zero-order valence-corrected chi connectivity index (χ0v) is 19.0. The van der Waals surface area contributed by atoms with Gasteiger partial charge in [-0.3, -0.25) is 10.1 Å². The minimum absolute atomic E-state index is 0.0325. The van der Waals surface area contributed by atoms with Crippen molar-refractivity contribution >= 4 is 66.7 Å². The number of sulfonamides is 1. The Morgan fingerprint density at radius 2 is 1.64 bits per heavy atom. The first-order valence-corrected chi connectivity index (χ1v) is 11.4. The molecule has 0 bridgehead atoms. The summed E-state index contributed by atoms with van der Waals surface area (Å²) in [7, 11) is -3.73. The molecule has 4 N–H and O–H groups in total. The zero-order chi connectivity index (χ0) is 20.9. The highest BCUT2D eigenvalue weighted by atomic mass is 79.9. The Hall–Kier alpha value is -0.870. The van der Waals surface area contributed by atoms with Crippen LogP contribution in [0.3, 0.4) is 0 Å². The van der Waals surface area contributed by atoms with Crippen LogP contribution in [-0.2, 0) is 16.4 Å². The minimum atomic E-state index is -3.73. The Morgan fingerprint density at radius 3 is 2.14 bits per heavy atom. The number of benzene rings is 2. The third kappa shape index (κ3) is 7.18. The lowest BCUT2D eigenvalue weighted by atomic mass is 10.1. The molecule has 0 aliphatic rings. The van der Waals surface area contributed by atoms with Crippen molar-refractivity contribution in [3.05, 3.63) is 64.1 Å². The average molecular weight is 530 g/mol.